The quantitative estimate of drug-likeness (QED) is 0.742. The van der Waals surface area contributed by atoms with Crippen LogP contribution in [0.2, 0.25) is 5.02 Å². The maximum Gasteiger partial charge on any atom is 0.248 e. The molecule has 0 aliphatic carbocycles. The van der Waals surface area contributed by atoms with E-state index in [1.807, 2.05) is 49.4 Å². The first kappa shape index (κ1) is 17.1. The van der Waals surface area contributed by atoms with Crippen LogP contribution in [0.3, 0.4) is 0 Å². The van der Waals surface area contributed by atoms with E-state index in [-0.39, 0.29) is 12.0 Å². The van der Waals surface area contributed by atoms with Crippen molar-refractivity contribution < 1.29 is 9.53 Å². The molecular formula is C19H20ClNO2. The van der Waals surface area contributed by atoms with Gasteiger partial charge in [0.1, 0.15) is 5.75 Å². The zero-order valence-corrected chi connectivity index (χ0v) is 14.0. The summed E-state index contributed by atoms with van der Waals surface area (Å²) in [5.41, 5.74) is 1.50. The van der Waals surface area contributed by atoms with Crippen LogP contribution in [0.5, 0.6) is 5.75 Å². The fourth-order valence-electron chi connectivity index (χ4n) is 1.92. The first-order chi connectivity index (χ1) is 11.1. The second kappa shape index (κ2) is 8.39. The number of rotatable bonds is 6. The summed E-state index contributed by atoms with van der Waals surface area (Å²) in [6.07, 6.45) is 4.22. The Hall–Kier alpha value is -2.26. The minimum Gasteiger partial charge on any atom is -0.491 e. The van der Waals surface area contributed by atoms with Crippen LogP contribution in [0.4, 0.5) is 5.69 Å². The lowest BCUT2D eigenvalue weighted by Gasteiger charge is -2.13. The Labute approximate surface area is 141 Å². The van der Waals surface area contributed by atoms with Crippen LogP contribution in [0.15, 0.2) is 54.6 Å². The van der Waals surface area contributed by atoms with E-state index in [0.29, 0.717) is 10.7 Å². The van der Waals surface area contributed by atoms with Gasteiger partial charge in [-0.15, -0.1) is 0 Å². The molecule has 120 valence electrons. The van der Waals surface area contributed by atoms with Crippen molar-refractivity contribution in [3.05, 3.63) is 65.2 Å². The summed E-state index contributed by atoms with van der Waals surface area (Å²) in [5.74, 6) is 0.526. The second-order valence-corrected chi connectivity index (χ2v) is 5.62. The minimum atomic E-state index is -0.217. The van der Waals surface area contributed by atoms with E-state index in [1.165, 1.54) is 6.08 Å². The third-order valence-corrected chi connectivity index (χ3v) is 3.68. The molecule has 0 fully saturated rings. The highest BCUT2D eigenvalue weighted by Gasteiger charge is 2.04. The molecule has 0 aliphatic heterocycles. The van der Waals surface area contributed by atoms with Crippen molar-refractivity contribution in [1.82, 2.24) is 0 Å². The summed E-state index contributed by atoms with van der Waals surface area (Å²) in [4.78, 5) is 12.0. The van der Waals surface area contributed by atoms with E-state index in [9.17, 15) is 4.79 Å². The number of hydrogen-bond donors (Lipinski definition) is 1. The molecule has 1 amide bonds. The van der Waals surface area contributed by atoms with Crippen LogP contribution in [0.1, 0.15) is 25.8 Å². The second-order valence-electron chi connectivity index (χ2n) is 5.21. The van der Waals surface area contributed by atoms with E-state index in [0.717, 1.165) is 17.7 Å². The summed E-state index contributed by atoms with van der Waals surface area (Å²) >= 11 is 6.05. The molecule has 4 heteroatoms. The average Bonchev–Trinajstić information content (AvgIpc) is 2.54. The molecule has 2 aromatic rings. The molecule has 3 nitrogen and oxygen atoms in total. The molecular weight excluding hydrogens is 310 g/mol. The average molecular weight is 330 g/mol. The molecule has 0 radical (unpaired) electrons. The normalized spacial score (nSPS) is 12.1. The lowest BCUT2D eigenvalue weighted by Crippen LogP contribution is -2.11. The number of anilines is 1. The Morgan fingerprint density at radius 2 is 2.04 bits per heavy atom. The van der Waals surface area contributed by atoms with E-state index >= 15 is 0 Å². The molecule has 1 N–H and O–H groups in total. The first-order valence-corrected chi connectivity index (χ1v) is 7.96. The molecule has 2 aromatic carbocycles. The summed E-state index contributed by atoms with van der Waals surface area (Å²) in [6, 6.07) is 14.7. The van der Waals surface area contributed by atoms with Crippen LogP contribution in [-0.2, 0) is 4.79 Å². The number of hydrogen-bond acceptors (Lipinski definition) is 2. The lowest BCUT2D eigenvalue weighted by atomic mass is 10.2. The molecule has 0 aliphatic rings. The van der Waals surface area contributed by atoms with Gasteiger partial charge in [-0.1, -0.05) is 42.8 Å². The Balaban J connectivity index is 2.00. The number of carbonyl (C=O) groups excluding carboxylic acids is 1. The highest BCUT2D eigenvalue weighted by atomic mass is 35.5. The van der Waals surface area contributed by atoms with E-state index in [1.54, 1.807) is 12.1 Å². The molecule has 0 saturated heterocycles. The van der Waals surface area contributed by atoms with Gasteiger partial charge >= 0.3 is 0 Å². The molecule has 0 spiro atoms. The molecule has 0 bridgehead atoms. The van der Waals surface area contributed by atoms with Gasteiger partial charge in [0.2, 0.25) is 5.91 Å². The molecule has 0 heterocycles. The summed E-state index contributed by atoms with van der Waals surface area (Å²) in [7, 11) is 0. The summed E-state index contributed by atoms with van der Waals surface area (Å²) in [6.45, 7) is 4.08. The number of carbonyl (C=O) groups is 1. The van der Waals surface area contributed by atoms with E-state index in [4.69, 9.17) is 16.3 Å². The fraction of sp³-hybridized carbons (Fsp3) is 0.211. The molecule has 2 rings (SSSR count). The van der Waals surface area contributed by atoms with Crippen LogP contribution in [0, 0.1) is 0 Å². The SMILES string of the molecule is CCC(C)Oc1cccc(NC(=O)/C=C/c2ccccc2Cl)c1. The molecule has 1 atom stereocenters. The van der Waals surface area contributed by atoms with Gasteiger partial charge in [-0.2, -0.15) is 0 Å². The number of nitrogens with one attached hydrogen (secondary N) is 1. The Morgan fingerprint density at radius 3 is 2.78 bits per heavy atom. The van der Waals surface area contributed by atoms with Gasteiger partial charge in [0, 0.05) is 22.9 Å². The maximum atomic E-state index is 12.0. The van der Waals surface area contributed by atoms with Crippen molar-refractivity contribution in [2.45, 2.75) is 26.4 Å². The zero-order valence-electron chi connectivity index (χ0n) is 13.3. The highest BCUT2D eigenvalue weighted by Crippen LogP contribution is 2.20. The Bertz CT molecular complexity index is 697. The van der Waals surface area contributed by atoms with E-state index in [2.05, 4.69) is 12.2 Å². The van der Waals surface area contributed by atoms with E-state index < -0.39 is 0 Å². The zero-order chi connectivity index (χ0) is 16.7. The van der Waals surface area contributed by atoms with Crippen molar-refractivity contribution in [3.63, 3.8) is 0 Å². The van der Waals surface area contributed by atoms with Gasteiger partial charge in [-0.3, -0.25) is 4.79 Å². The summed E-state index contributed by atoms with van der Waals surface area (Å²) in [5, 5.41) is 3.43. The number of halogens is 1. The maximum absolute atomic E-state index is 12.0. The number of amides is 1. The van der Waals surface area contributed by atoms with Crippen LogP contribution >= 0.6 is 11.6 Å². The highest BCUT2D eigenvalue weighted by molar-refractivity contribution is 6.32. The van der Waals surface area contributed by atoms with Crippen molar-refractivity contribution >= 4 is 29.3 Å². The number of ether oxygens (including phenoxy) is 1. The molecule has 0 saturated carbocycles. The van der Waals surface area contributed by atoms with Gasteiger partial charge in [0.25, 0.3) is 0 Å². The predicted octanol–water partition coefficient (Wildman–Crippen LogP) is 5.17. The monoisotopic (exact) mass is 329 g/mol. The van der Waals surface area contributed by atoms with Gasteiger partial charge in [-0.05, 0) is 43.2 Å². The first-order valence-electron chi connectivity index (χ1n) is 7.59. The fourth-order valence-corrected chi connectivity index (χ4v) is 2.12. The number of benzene rings is 2. The van der Waals surface area contributed by atoms with Crippen LogP contribution in [0.25, 0.3) is 6.08 Å². The van der Waals surface area contributed by atoms with Crippen LogP contribution < -0.4 is 10.1 Å². The largest absolute Gasteiger partial charge is 0.491 e. The topological polar surface area (TPSA) is 38.3 Å². The molecule has 0 aromatic heterocycles. The minimum absolute atomic E-state index is 0.140. The lowest BCUT2D eigenvalue weighted by molar-refractivity contribution is -0.111. The molecule has 23 heavy (non-hydrogen) atoms. The smallest absolute Gasteiger partial charge is 0.248 e. The standard InChI is InChI=1S/C19H20ClNO2/c1-3-14(2)23-17-9-6-8-16(13-17)21-19(22)12-11-15-7-4-5-10-18(15)20/h4-14H,3H2,1-2H3,(H,21,22)/b12-11+. The third kappa shape index (κ3) is 5.46. The Kier molecular flexibility index (Phi) is 6.24. The van der Waals surface area contributed by atoms with Gasteiger partial charge in [-0.25, -0.2) is 0 Å². The molecule has 1 unspecified atom stereocenters. The summed E-state index contributed by atoms with van der Waals surface area (Å²) < 4.78 is 5.74. The Morgan fingerprint density at radius 1 is 1.26 bits per heavy atom. The van der Waals surface area contributed by atoms with Gasteiger partial charge < -0.3 is 10.1 Å². The van der Waals surface area contributed by atoms with Crippen molar-refractivity contribution in [2.24, 2.45) is 0 Å². The van der Waals surface area contributed by atoms with Gasteiger partial charge in [0.15, 0.2) is 0 Å². The van der Waals surface area contributed by atoms with Crippen LogP contribution in [-0.4, -0.2) is 12.0 Å². The van der Waals surface area contributed by atoms with Gasteiger partial charge in [0.05, 0.1) is 6.10 Å². The predicted molar refractivity (Wildman–Crippen MR) is 95.9 cm³/mol. The third-order valence-electron chi connectivity index (χ3n) is 3.33. The van der Waals surface area contributed by atoms with Crippen molar-refractivity contribution in [3.8, 4) is 5.75 Å². The van der Waals surface area contributed by atoms with Crippen molar-refractivity contribution in [1.29, 1.82) is 0 Å². The van der Waals surface area contributed by atoms with Crippen molar-refractivity contribution in [2.75, 3.05) is 5.32 Å².